The molecule has 1 N–H and O–H groups in total. The fraction of sp³-hybridized carbons (Fsp3) is 0.857. The highest BCUT2D eigenvalue weighted by molar-refractivity contribution is 5.07. The fourth-order valence-electron chi connectivity index (χ4n) is 2.74. The van der Waals surface area contributed by atoms with Gasteiger partial charge in [0.15, 0.2) is 0 Å². The average Bonchev–Trinajstić information content (AvgIpc) is 2.32. The summed E-state index contributed by atoms with van der Waals surface area (Å²) >= 11 is 0. The summed E-state index contributed by atoms with van der Waals surface area (Å²) in [6, 6.07) is 0.731. The van der Waals surface area contributed by atoms with E-state index in [0.29, 0.717) is 0 Å². The van der Waals surface area contributed by atoms with Gasteiger partial charge >= 0.3 is 0 Å². The van der Waals surface area contributed by atoms with Crippen LogP contribution in [0.2, 0.25) is 0 Å². The Morgan fingerprint density at radius 1 is 1.31 bits per heavy atom. The molecule has 3 unspecified atom stereocenters. The van der Waals surface area contributed by atoms with Crippen molar-refractivity contribution in [1.82, 2.24) is 5.32 Å². The topological polar surface area (TPSA) is 21.3 Å². The molecule has 2 heteroatoms. The van der Waals surface area contributed by atoms with E-state index in [1.54, 1.807) is 0 Å². The molecule has 0 aromatic rings. The van der Waals surface area contributed by atoms with Crippen LogP contribution in [0.1, 0.15) is 39.5 Å². The first kappa shape index (κ1) is 12.1. The number of ether oxygens (including phenoxy) is 1. The van der Waals surface area contributed by atoms with E-state index in [-0.39, 0.29) is 0 Å². The predicted molar refractivity (Wildman–Crippen MR) is 67.5 cm³/mol. The summed E-state index contributed by atoms with van der Waals surface area (Å²) in [5.41, 5.74) is 1.44. The zero-order valence-electron chi connectivity index (χ0n) is 10.7. The zero-order valence-corrected chi connectivity index (χ0v) is 10.7. The SMILES string of the molecule is CC1CCC(NCC2=CCCOC2)CC1C. The molecule has 3 atom stereocenters. The molecule has 1 heterocycles. The van der Waals surface area contributed by atoms with Crippen molar-refractivity contribution in [3.05, 3.63) is 11.6 Å². The Morgan fingerprint density at radius 3 is 2.88 bits per heavy atom. The minimum absolute atomic E-state index is 0.731. The first-order chi connectivity index (χ1) is 7.75. The molecule has 1 saturated carbocycles. The second-order valence-corrected chi connectivity index (χ2v) is 5.55. The standard InChI is InChI=1S/C14H25NO/c1-11-5-6-14(8-12(11)2)15-9-13-4-3-7-16-10-13/h4,11-12,14-15H,3,5-10H2,1-2H3. The van der Waals surface area contributed by atoms with Crippen LogP contribution < -0.4 is 5.32 Å². The van der Waals surface area contributed by atoms with Crippen molar-refractivity contribution in [2.45, 2.75) is 45.6 Å². The highest BCUT2D eigenvalue weighted by Crippen LogP contribution is 2.29. The molecule has 0 spiro atoms. The summed E-state index contributed by atoms with van der Waals surface area (Å²) in [7, 11) is 0. The molecular weight excluding hydrogens is 198 g/mol. The number of nitrogens with one attached hydrogen (secondary N) is 1. The Morgan fingerprint density at radius 2 is 2.19 bits per heavy atom. The molecule has 1 aliphatic heterocycles. The number of rotatable bonds is 3. The van der Waals surface area contributed by atoms with Crippen molar-refractivity contribution in [3.63, 3.8) is 0 Å². The molecule has 0 aromatic heterocycles. The first-order valence-corrected chi connectivity index (χ1v) is 6.74. The van der Waals surface area contributed by atoms with Crippen LogP contribution in [0.4, 0.5) is 0 Å². The maximum absolute atomic E-state index is 5.45. The summed E-state index contributed by atoms with van der Waals surface area (Å²) in [6.07, 6.45) is 7.50. The second-order valence-electron chi connectivity index (χ2n) is 5.55. The quantitative estimate of drug-likeness (QED) is 0.743. The summed E-state index contributed by atoms with van der Waals surface area (Å²) in [6.45, 7) is 7.55. The van der Waals surface area contributed by atoms with Gasteiger partial charge in [-0.05, 0) is 43.1 Å². The van der Waals surface area contributed by atoms with E-state index in [0.717, 1.165) is 44.1 Å². The first-order valence-electron chi connectivity index (χ1n) is 6.74. The third kappa shape index (κ3) is 3.33. The molecule has 1 aliphatic carbocycles. The van der Waals surface area contributed by atoms with Gasteiger partial charge in [-0.25, -0.2) is 0 Å². The Balaban J connectivity index is 1.71. The van der Waals surface area contributed by atoms with Gasteiger partial charge in [0, 0.05) is 12.6 Å². The van der Waals surface area contributed by atoms with Gasteiger partial charge in [-0.1, -0.05) is 19.9 Å². The molecule has 0 aromatic carbocycles. The van der Waals surface area contributed by atoms with Crippen LogP contribution >= 0.6 is 0 Å². The molecule has 0 radical (unpaired) electrons. The third-order valence-electron chi connectivity index (χ3n) is 4.20. The fourth-order valence-corrected chi connectivity index (χ4v) is 2.74. The minimum Gasteiger partial charge on any atom is -0.377 e. The van der Waals surface area contributed by atoms with Gasteiger partial charge in [-0.15, -0.1) is 0 Å². The number of hydrogen-bond acceptors (Lipinski definition) is 2. The second kappa shape index (κ2) is 5.83. The molecular formula is C14H25NO. The van der Waals surface area contributed by atoms with Crippen LogP contribution in [0.15, 0.2) is 11.6 Å². The molecule has 2 rings (SSSR count). The van der Waals surface area contributed by atoms with E-state index in [9.17, 15) is 0 Å². The van der Waals surface area contributed by atoms with E-state index in [2.05, 4.69) is 25.2 Å². The maximum atomic E-state index is 5.45. The largest absolute Gasteiger partial charge is 0.377 e. The summed E-state index contributed by atoms with van der Waals surface area (Å²) in [5.74, 6) is 1.79. The van der Waals surface area contributed by atoms with Crippen molar-refractivity contribution >= 4 is 0 Å². The van der Waals surface area contributed by atoms with E-state index < -0.39 is 0 Å². The van der Waals surface area contributed by atoms with Crippen molar-refractivity contribution in [1.29, 1.82) is 0 Å². The maximum Gasteiger partial charge on any atom is 0.0689 e. The van der Waals surface area contributed by atoms with E-state index in [1.165, 1.54) is 24.8 Å². The molecule has 1 fully saturated rings. The smallest absolute Gasteiger partial charge is 0.0689 e. The van der Waals surface area contributed by atoms with Crippen molar-refractivity contribution in [2.24, 2.45) is 11.8 Å². The van der Waals surface area contributed by atoms with Gasteiger partial charge in [0.1, 0.15) is 0 Å². The molecule has 2 aliphatic rings. The normalized spacial score (nSPS) is 35.9. The summed E-state index contributed by atoms with van der Waals surface area (Å²) < 4.78 is 5.45. The van der Waals surface area contributed by atoms with E-state index >= 15 is 0 Å². The summed E-state index contributed by atoms with van der Waals surface area (Å²) in [5, 5.41) is 3.69. The van der Waals surface area contributed by atoms with Gasteiger partial charge < -0.3 is 10.1 Å². The summed E-state index contributed by atoms with van der Waals surface area (Å²) in [4.78, 5) is 0. The van der Waals surface area contributed by atoms with Crippen LogP contribution in [-0.4, -0.2) is 25.8 Å². The lowest BCUT2D eigenvalue weighted by Gasteiger charge is -2.33. The molecule has 0 amide bonds. The van der Waals surface area contributed by atoms with Crippen LogP contribution in [0, 0.1) is 11.8 Å². The van der Waals surface area contributed by atoms with Gasteiger partial charge in [-0.2, -0.15) is 0 Å². The van der Waals surface area contributed by atoms with Crippen molar-refractivity contribution in [2.75, 3.05) is 19.8 Å². The van der Waals surface area contributed by atoms with E-state index in [4.69, 9.17) is 4.74 Å². The van der Waals surface area contributed by atoms with E-state index in [1.807, 2.05) is 0 Å². The van der Waals surface area contributed by atoms with Crippen LogP contribution in [0.3, 0.4) is 0 Å². The third-order valence-corrected chi connectivity index (χ3v) is 4.20. The Labute approximate surface area is 99.4 Å². The number of hydrogen-bond donors (Lipinski definition) is 1. The molecule has 92 valence electrons. The highest BCUT2D eigenvalue weighted by Gasteiger charge is 2.24. The Kier molecular flexibility index (Phi) is 4.42. The van der Waals surface area contributed by atoms with Gasteiger partial charge in [0.25, 0.3) is 0 Å². The predicted octanol–water partition coefficient (Wildman–Crippen LogP) is 2.75. The molecule has 0 saturated heterocycles. The van der Waals surface area contributed by atoms with Gasteiger partial charge in [0.05, 0.1) is 13.2 Å². The Bertz CT molecular complexity index is 249. The molecule has 2 nitrogen and oxygen atoms in total. The van der Waals surface area contributed by atoms with Gasteiger partial charge in [-0.3, -0.25) is 0 Å². The Hall–Kier alpha value is -0.340. The molecule has 0 bridgehead atoms. The lowest BCUT2D eigenvalue weighted by atomic mass is 9.79. The lowest BCUT2D eigenvalue weighted by Crippen LogP contribution is -2.37. The van der Waals surface area contributed by atoms with Crippen LogP contribution in [0.25, 0.3) is 0 Å². The lowest BCUT2D eigenvalue weighted by molar-refractivity contribution is 0.147. The van der Waals surface area contributed by atoms with Crippen molar-refractivity contribution < 1.29 is 4.74 Å². The monoisotopic (exact) mass is 223 g/mol. The average molecular weight is 223 g/mol. The minimum atomic E-state index is 0.731. The van der Waals surface area contributed by atoms with Crippen molar-refractivity contribution in [3.8, 4) is 0 Å². The highest BCUT2D eigenvalue weighted by atomic mass is 16.5. The molecule has 16 heavy (non-hydrogen) atoms. The van der Waals surface area contributed by atoms with Gasteiger partial charge in [0.2, 0.25) is 0 Å². The zero-order chi connectivity index (χ0) is 11.4. The van der Waals surface area contributed by atoms with Crippen LogP contribution in [-0.2, 0) is 4.74 Å². The van der Waals surface area contributed by atoms with Crippen LogP contribution in [0.5, 0.6) is 0 Å².